The van der Waals surface area contributed by atoms with Gasteiger partial charge in [0.2, 0.25) is 0 Å². The first kappa shape index (κ1) is 17.3. The monoisotopic (exact) mass is 343 g/mol. The second-order valence-electron chi connectivity index (χ2n) is 6.61. The van der Waals surface area contributed by atoms with Gasteiger partial charge in [-0.2, -0.15) is 0 Å². The third-order valence-electron chi connectivity index (χ3n) is 4.07. The molecule has 0 radical (unpaired) electrons. The van der Waals surface area contributed by atoms with Crippen LogP contribution in [0.2, 0.25) is 0 Å². The second kappa shape index (κ2) is 6.08. The molecule has 3 rings (SSSR count). The van der Waals surface area contributed by atoms with Gasteiger partial charge in [0.05, 0.1) is 16.9 Å². The SMILES string of the molecule is Cc1ccc2cc(Oc3cccc(F)c3C(C)(C)O)c(C)nc2c1F. The summed E-state index contributed by atoms with van der Waals surface area (Å²) in [6.07, 6.45) is 0. The Morgan fingerprint density at radius 1 is 1.04 bits per heavy atom. The number of fused-ring (bicyclic) bond motifs is 1. The van der Waals surface area contributed by atoms with Crippen molar-refractivity contribution in [2.24, 2.45) is 0 Å². The summed E-state index contributed by atoms with van der Waals surface area (Å²) in [5.41, 5.74) is -0.0934. The number of benzene rings is 2. The van der Waals surface area contributed by atoms with E-state index in [-0.39, 0.29) is 22.6 Å². The van der Waals surface area contributed by atoms with Crippen molar-refractivity contribution in [2.45, 2.75) is 33.3 Å². The zero-order chi connectivity index (χ0) is 18.4. The first-order valence-electron chi connectivity index (χ1n) is 7.94. The van der Waals surface area contributed by atoms with Gasteiger partial charge in [-0.05, 0) is 51.5 Å². The molecule has 130 valence electrons. The van der Waals surface area contributed by atoms with Crippen molar-refractivity contribution >= 4 is 10.9 Å². The van der Waals surface area contributed by atoms with Crippen molar-refractivity contribution < 1.29 is 18.6 Å². The van der Waals surface area contributed by atoms with Gasteiger partial charge in [-0.1, -0.05) is 18.2 Å². The molecule has 0 amide bonds. The van der Waals surface area contributed by atoms with Crippen molar-refractivity contribution in [2.75, 3.05) is 0 Å². The number of pyridine rings is 1. The fourth-order valence-electron chi connectivity index (χ4n) is 2.78. The van der Waals surface area contributed by atoms with Crippen molar-refractivity contribution in [1.82, 2.24) is 4.98 Å². The molecule has 0 bridgehead atoms. The molecule has 0 spiro atoms. The van der Waals surface area contributed by atoms with Crippen LogP contribution in [-0.2, 0) is 5.60 Å². The summed E-state index contributed by atoms with van der Waals surface area (Å²) >= 11 is 0. The van der Waals surface area contributed by atoms with Gasteiger partial charge in [-0.15, -0.1) is 0 Å². The van der Waals surface area contributed by atoms with Crippen molar-refractivity contribution in [1.29, 1.82) is 0 Å². The lowest BCUT2D eigenvalue weighted by Crippen LogP contribution is -2.18. The largest absolute Gasteiger partial charge is 0.455 e. The lowest BCUT2D eigenvalue weighted by Gasteiger charge is -2.22. The van der Waals surface area contributed by atoms with Crippen LogP contribution in [-0.4, -0.2) is 10.1 Å². The smallest absolute Gasteiger partial charge is 0.152 e. The van der Waals surface area contributed by atoms with Gasteiger partial charge in [0, 0.05) is 5.39 Å². The Balaban J connectivity index is 2.12. The highest BCUT2D eigenvalue weighted by molar-refractivity contribution is 5.81. The molecule has 0 saturated carbocycles. The van der Waals surface area contributed by atoms with E-state index in [0.717, 1.165) is 0 Å². The summed E-state index contributed by atoms with van der Waals surface area (Å²) in [5.74, 6) is -0.343. The summed E-state index contributed by atoms with van der Waals surface area (Å²) in [7, 11) is 0. The van der Waals surface area contributed by atoms with Crippen LogP contribution in [0.1, 0.15) is 30.7 Å². The van der Waals surface area contributed by atoms with Crippen molar-refractivity contribution in [3.63, 3.8) is 0 Å². The molecule has 2 aromatic carbocycles. The molecule has 3 aromatic rings. The molecule has 3 nitrogen and oxygen atoms in total. The van der Waals surface area contributed by atoms with Gasteiger partial charge in [0.25, 0.3) is 0 Å². The van der Waals surface area contributed by atoms with E-state index in [9.17, 15) is 13.9 Å². The molecule has 0 fully saturated rings. The normalized spacial score (nSPS) is 11.8. The summed E-state index contributed by atoms with van der Waals surface area (Å²) in [4.78, 5) is 4.29. The Bertz CT molecular complexity index is 962. The summed E-state index contributed by atoms with van der Waals surface area (Å²) < 4.78 is 34.3. The average molecular weight is 343 g/mol. The van der Waals surface area contributed by atoms with Gasteiger partial charge in [-0.25, -0.2) is 13.8 Å². The Kier molecular flexibility index (Phi) is 4.21. The van der Waals surface area contributed by atoms with Crippen LogP contribution in [0.4, 0.5) is 8.78 Å². The Morgan fingerprint density at radius 2 is 1.76 bits per heavy atom. The lowest BCUT2D eigenvalue weighted by atomic mass is 9.96. The summed E-state index contributed by atoms with van der Waals surface area (Å²) in [6.45, 7) is 6.35. The topological polar surface area (TPSA) is 42.4 Å². The molecular weight excluding hydrogens is 324 g/mol. The Morgan fingerprint density at radius 3 is 2.44 bits per heavy atom. The highest BCUT2D eigenvalue weighted by atomic mass is 19.1. The van der Waals surface area contributed by atoms with Crippen LogP contribution in [0.25, 0.3) is 10.9 Å². The molecule has 0 atom stereocenters. The van der Waals surface area contributed by atoms with Gasteiger partial charge in [0.15, 0.2) is 5.82 Å². The Hall–Kier alpha value is -2.53. The molecule has 25 heavy (non-hydrogen) atoms. The average Bonchev–Trinajstić information content (AvgIpc) is 2.51. The summed E-state index contributed by atoms with van der Waals surface area (Å²) in [6, 6.07) is 9.45. The van der Waals surface area contributed by atoms with E-state index < -0.39 is 11.4 Å². The lowest BCUT2D eigenvalue weighted by molar-refractivity contribution is 0.0720. The molecule has 0 aliphatic carbocycles. The van der Waals surface area contributed by atoms with Crippen LogP contribution in [0.3, 0.4) is 0 Å². The third kappa shape index (κ3) is 3.20. The van der Waals surface area contributed by atoms with Crippen LogP contribution < -0.4 is 4.74 Å². The molecule has 0 aliphatic rings. The minimum atomic E-state index is -1.41. The number of rotatable bonds is 3. The fraction of sp³-hybridized carbons (Fsp3) is 0.250. The number of halogens is 2. The van der Waals surface area contributed by atoms with E-state index in [1.807, 2.05) is 0 Å². The van der Waals surface area contributed by atoms with Crippen LogP contribution in [0.5, 0.6) is 11.5 Å². The molecule has 5 heteroatoms. The number of hydrogen-bond acceptors (Lipinski definition) is 3. The van der Waals surface area contributed by atoms with Crippen LogP contribution in [0, 0.1) is 25.5 Å². The van der Waals surface area contributed by atoms with Crippen LogP contribution >= 0.6 is 0 Å². The van der Waals surface area contributed by atoms with Gasteiger partial charge in [-0.3, -0.25) is 0 Å². The maximum atomic E-state index is 14.2. The maximum Gasteiger partial charge on any atom is 0.152 e. The number of aromatic nitrogens is 1. The molecule has 1 N–H and O–H groups in total. The standard InChI is InChI=1S/C20H19F2NO2/c1-11-8-9-13-10-16(12(2)23-19(13)18(11)22)25-15-7-5-6-14(21)17(15)20(3,4)24/h5-10,24H,1-4H3. The zero-order valence-electron chi connectivity index (χ0n) is 14.5. The number of aliphatic hydroxyl groups is 1. The van der Waals surface area contributed by atoms with E-state index in [1.54, 1.807) is 38.1 Å². The van der Waals surface area contributed by atoms with Gasteiger partial charge >= 0.3 is 0 Å². The highest BCUT2D eigenvalue weighted by Gasteiger charge is 2.26. The zero-order valence-corrected chi connectivity index (χ0v) is 14.5. The molecule has 0 saturated heterocycles. The molecule has 0 aliphatic heterocycles. The second-order valence-corrected chi connectivity index (χ2v) is 6.61. The fourth-order valence-corrected chi connectivity index (χ4v) is 2.78. The first-order chi connectivity index (χ1) is 11.7. The quantitative estimate of drug-likeness (QED) is 0.715. The van der Waals surface area contributed by atoms with Gasteiger partial charge < -0.3 is 9.84 Å². The number of nitrogens with zero attached hydrogens (tertiary/aromatic N) is 1. The number of hydrogen-bond donors (Lipinski definition) is 1. The van der Waals surface area contributed by atoms with E-state index in [2.05, 4.69) is 4.98 Å². The minimum Gasteiger partial charge on any atom is -0.455 e. The predicted molar refractivity (Wildman–Crippen MR) is 92.9 cm³/mol. The van der Waals surface area contributed by atoms with Crippen LogP contribution in [0.15, 0.2) is 36.4 Å². The van der Waals surface area contributed by atoms with E-state index in [4.69, 9.17) is 4.74 Å². The number of ether oxygens (including phenoxy) is 1. The van der Waals surface area contributed by atoms with E-state index in [1.165, 1.54) is 26.0 Å². The first-order valence-corrected chi connectivity index (χ1v) is 7.94. The summed E-state index contributed by atoms with van der Waals surface area (Å²) in [5, 5.41) is 10.8. The maximum absolute atomic E-state index is 14.2. The molecule has 1 heterocycles. The van der Waals surface area contributed by atoms with E-state index >= 15 is 0 Å². The predicted octanol–water partition coefficient (Wildman–Crippen LogP) is 5.15. The van der Waals surface area contributed by atoms with Crippen molar-refractivity contribution in [3.05, 3.63) is 64.9 Å². The van der Waals surface area contributed by atoms with Crippen molar-refractivity contribution in [3.8, 4) is 11.5 Å². The third-order valence-corrected chi connectivity index (χ3v) is 4.07. The molecule has 1 aromatic heterocycles. The molecule has 0 unspecified atom stereocenters. The van der Waals surface area contributed by atoms with Gasteiger partial charge in [0.1, 0.15) is 22.8 Å². The highest BCUT2D eigenvalue weighted by Crippen LogP contribution is 2.36. The number of aryl methyl sites for hydroxylation is 2. The molecular formula is C20H19F2NO2. The van der Waals surface area contributed by atoms with E-state index in [0.29, 0.717) is 22.4 Å². The minimum absolute atomic E-state index is 0.0598. The Labute approximate surface area is 144 Å².